The number of hydrogen-bond acceptors (Lipinski definition) is 4. The van der Waals surface area contributed by atoms with E-state index in [-0.39, 0.29) is 17.7 Å². The SMILES string of the molecule is CC(O)(CCc1ccccc1)CNC(=O)c1cc(=O)c2ccccc2o1. The van der Waals surface area contributed by atoms with Gasteiger partial charge in [-0.15, -0.1) is 0 Å². The zero-order valence-electron chi connectivity index (χ0n) is 14.6. The molecule has 0 aliphatic heterocycles. The van der Waals surface area contributed by atoms with Crippen molar-refractivity contribution >= 4 is 16.9 Å². The van der Waals surface area contributed by atoms with Crippen LogP contribution in [0.1, 0.15) is 29.5 Å². The Morgan fingerprint density at radius 3 is 2.58 bits per heavy atom. The lowest BCUT2D eigenvalue weighted by molar-refractivity contribution is 0.0472. The van der Waals surface area contributed by atoms with E-state index in [1.54, 1.807) is 31.2 Å². The standard InChI is InChI=1S/C21H21NO4/c1-21(25,12-11-15-7-3-2-4-8-15)14-22-20(24)19-13-17(23)16-9-5-6-10-18(16)26-19/h2-10,13,25H,11-12,14H2,1H3,(H,22,24). The molecule has 2 aromatic carbocycles. The summed E-state index contributed by atoms with van der Waals surface area (Å²) in [4.78, 5) is 24.4. The van der Waals surface area contributed by atoms with Gasteiger partial charge < -0.3 is 14.8 Å². The number of aliphatic hydroxyl groups is 1. The molecule has 0 saturated carbocycles. The van der Waals surface area contributed by atoms with Crippen molar-refractivity contribution in [3.63, 3.8) is 0 Å². The molecular weight excluding hydrogens is 330 g/mol. The van der Waals surface area contributed by atoms with Crippen LogP contribution in [0.5, 0.6) is 0 Å². The lowest BCUT2D eigenvalue weighted by Crippen LogP contribution is -2.41. The molecule has 3 rings (SSSR count). The van der Waals surface area contributed by atoms with Gasteiger partial charge in [-0.25, -0.2) is 0 Å². The maximum atomic E-state index is 12.3. The molecule has 26 heavy (non-hydrogen) atoms. The summed E-state index contributed by atoms with van der Waals surface area (Å²) in [7, 11) is 0. The van der Waals surface area contributed by atoms with Crippen LogP contribution in [-0.4, -0.2) is 23.2 Å². The molecule has 0 saturated heterocycles. The minimum Gasteiger partial charge on any atom is -0.451 e. The monoisotopic (exact) mass is 351 g/mol. The van der Waals surface area contributed by atoms with Gasteiger partial charge in [-0.05, 0) is 37.5 Å². The van der Waals surface area contributed by atoms with Crippen molar-refractivity contribution in [1.82, 2.24) is 5.32 Å². The van der Waals surface area contributed by atoms with E-state index in [0.717, 1.165) is 5.56 Å². The second-order valence-corrected chi connectivity index (χ2v) is 6.64. The number of amides is 1. The number of carbonyl (C=O) groups is 1. The normalized spacial score (nSPS) is 13.3. The van der Waals surface area contributed by atoms with E-state index in [4.69, 9.17) is 4.42 Å². The summed E-state index contributed by atoms with van der Waals surface area (Å²) in [5.74, 6) is -0.583. The third-order valence-electron chi connectivity index (χ3n) is 4.28. The highest BCUT2D eigenvalue weighted by molar-refractivity contribution is 5.93. The average Bonchev–Trinajstić information content (AvgIpc) is 2.65. The summed E-state index contributed by atoms with van der Waals surface area (Å²) < 4.78 is 5.51. The first-order valence-corrected chi connectivity index (χ1v) is 8.52. The van der Waals surface area contributed by atoms with Crippen molar-refractivity contribution in [3.8, 4) is 0 Å². The second kappa shape index (κ2) is 7.54. The molecule has 134 valence electrons. The summed E-state index contributed by atoms with van der Waals surface area (Å²) in [6, 6.07) is 17.8. The minimum atomic E-state index is -1.07. The number of nitrogens with one attached hydrogen (secondary N) is 1. The van der Waals surface area contributed by atoms with Crippen LogP contribution in [-0.2, 0) is 6.42 Å². The van der Waals surface area contributed by atoms with E-state index in [1.165, 1.54) is 6.07 Å². The van der Waals surface area contributed by atoms with Crippen LogP contribution in [0.3, 0.4) is 0 Å². The lowest BCUT2D eigenvalue weighted by atomic mass is 9.97. The third-order valence-corrected chi connectivity index (χ3v) is 4.28. The van der Waals surface area contributed by atoms with Gasteiger partial charge in [-0.1, -0.05) is 42.5 Å². The molecule has 3 aromatic rings. The van der Waals surface area contributed by atoms with Crippen molar-refractivity contribution in [3.05, 3.63) is 82.2 Å². The molecule has 1 unspecified atom stereocenters. The zero-order valence-corrected chi connectivity index (χ0v) is 14.6. The summed E-state index contributed by atoms with van der Waals surface area (Å²) in [6.45, 7) is 1.74. The number of benzene rings is 2. The molecule has 0 bridgehead atoms. The lowest BCUT2D eigenvalue weighted by Gasteiger charge is -2.23. The molecule has 0 radical (unpaired) electrons. The molecule has 1 aromatic heterocycles. The minimum absolute atomic E-state index is 0.0624. The third kappa shape index (κ3) is 4.37. The molecule has 1 amide bonds. The predicted molar refractivity (Wildman–Crippen MR) is 100 cm³/mol. The van der Waals surface area contributed by atoms with E-state index in [9.17, 15) is 14.7 Å². The van der Waals surface area contributed by atoms with Gasteiger partial charge in [-0.2, -0.15) is 0 Å². The van der Waals surface area contributed by atoms with E-state index in [2.05, 4.69) is 5.32 Å². The van der Waals surface area contributed by atoms with Crippen molar-refractivity contribution in [2.45, 2.75) is 25.4 Å². The molecule has 0 spiro atoms. The van der Waals surface area contributed by atoms with Crippen LogP contribution < -0.4 is 10.7 Å². The number of fused-ring (bicyclic) bond motifs is 1. The van der Waals surface area contributed by atoms with Crippen LogP contribution in [0.15, 0.2) is 69.9 Å². The average molecular weight is 351 g/mol. The molecule has 2 N–H and O–H groups in total. The van der Waals surface area contributed by atoms with Gasteiger partial charge in [-0.3, -0.25) is 9.59 Å². The van der Waals surface area contributed by atoms with Crippen LogP contribution >= 0.6 is 0 Å². The van der Waals surface area contributed by atoms with E-state index < -0.39 is 11.5 Å². The van der Waals surface area contributed by atoms with Gasteiger partial charge in [0.1, 0.15) is 5.58 Å². The van der Waals surface area contributed by atoms with Gasteiger partial charge in [0.25, 0.3) is 5.91 Å². The Hall–Kier alpha value is -2.92. The predicted octanol–water partition coefficient (Wildman–Crippen LogP) is 2.91. The van der Waals surface area contributed by atoms with Gasteiger partial charge >= 0.3 is 0 Å². The molecule has 1 atom stereocenters. The smallest absolute Gasteiger partial charge is 0.287 e. The largest absolute Gasteiger partial charge is 0.451 e. The molecule has 5 heteroatoms. The van der Waals surface area contributed by atoms with Crippen molar-refractivity contribution in [2.75, 3.05) is 6.54 Å². The molecule has 5 nitrogen and oxygen atoms in total. The molecule has 0 fully saturated rings. The van der Waals surface area contributed by atoms with Crippen LogP contribution in [0, 0.1) is 0 Å². The van der Waals surface area contributed by atoms with Crippen molar-refractivity contribution in [2.24, 2.45) is 0 Å². The Kier molecular flexibility index (Phi) is 5.19. The maximum Gasteiger partial charge on any atom is 0.287 e. The number of aryl methyl sites for hydroxylation is 1. The van der Waals surface area contributed by atoms with Crippen LogP contribution in [0.2, 0.25) is 0 Å². The molecule has 0 aliphatic carbocycles. The molecule has 0 aliphatic rings. The van der Waals surface area contributed by atoms with E-state index in [1.807, 2.05) is 30.3 Å². The Bertz CT molecular complexity index is 960. The van der Waals surface area contributed by atoms with Gasteiger partial charge in [0, 0.05) is 12.6 Å². The Morgan fingerprint density at radius 1 is 1.12 bits per heavy atom. The number of carbonyl (C=O) groups excluding carboxylic acids is 1. The fourth-order valence-corrected chi connectivity index (χ4v) is 2.72. The fourth-order valence-electron chi connectivity index (χ4n) is 2.72. The number of hydrogen-bond donors (Lipinski definition) is 2. The van der Waals surface area contributed by atoms with Crippen LogP contribution in [0.4, 0.5) is 0 Å². The Balaban J connectivity index is 1.63. The highest BCUT2D eigenvalue weighted by Crippen LogP contribution is 2.15. The van der Waals surface area contributed by atoms with Crippen molar-refractivity contribution in [1.29, 1.82) is 0 Å². The van der Waals surface area contributed by atoms with Crippen LogP contribution in [0.25, 0.3) is 11.0 Å². The summed E-state index contributed by atoms with van der Waals surface area (Å²) in [5, 5.41) is 13.6. The molecular formula is C21H21NO4. The van der Waals surface area contributed by atoms with E-state index >= 15 is 0 Å². The topological polar surface area (TPSA) is 79.5 Å². The first-order chi connectivity index (χ1) is 12.4. The fraction of sp³-hybridized carbons (Fsp3) is 0.238. The van der Waals surface area contributed by atoms with Crippen molar-refractivity contribution < 1.29 is 14.3 Å². The summed E-state index contributed by atoms with van der Waals surface area (Å²) >= 11 is 0. The quantitative estimate of drug-likeness (QED) is 0.716. The maximum absolute atomic E-state index is 12.3. The van der Waals surface area contributed by atoms with Gasteiger partial charge in [0.15, 0.2) is 11.2 Å². The summed E-state index contributed by atoms with van der Waals surface area (Å²) in [6.07, 6.45) is 1.20. The number of rotatable bonds is 6. The highest BCUT2D eigenvalue weighted by Gasteiger charge is 2.22. The Labute approximate surface area is 151 Å². The van der Waals surface area contributed by atoms with E-state index in [0.29, 0.717) is 23.8 Å². The zero-order chi connectivity index (χ0) is 18.6. The highest BCUT2D eigenvalue weighted by atomic mass is 16.3. The number of para-hydroxylation sites is 1. The molecule has 1 heterocycles. The Morgan fingerprint density at radius 2 is 1.81 bits per heavy atom. The summed E-state index contributed by atoms with van der Waals surface area (Å²) in [5.41, 5.74) is 0.149. The second-order valence-electron chi connectivity index (χ2n) is 6.64. The first kappa shape index (κ1) is 17.9. The van der Waals surface area contributed by atoms with Gasteiger partial charge in [0.2, 0.25) is 0 Å². The van der Waals surface area contributed by atoms with Gasteiger partial charge in [0.05, 0.1) is 11.0 Å². The first-order valence-electron chi connectivity index (χ1n) is 8.52.